The topological polar surface area (TPSA) is 40.6 Å². The van der Waals surface area contributed by atoms with E-state index in [0.29, 0.717) is 13.1 Å². The van der Waals surface area contributed by atoms with Gasteiger partial charge in [-0.3, -0.25) is 9.59 Å². The molecule has 18 heavy (non-hydrogen) atoms. The number of likely N-dealkylation sites (N-methyl/N-ethyl adjacent to an activating group) is 1. The Morgan fingerprint density at radius 3 is 2.72 bits per heavy atom. The molecule has 1 aliphatic rings. The molecule has 4 nitrogen and oxygen atoms in total. The van der Waals surface area contributed by atoms with E-state index in [4.69, 9.17) is 0 Å². The normalized spacial score (nSPS) is 16.1. The molecule has 0 saturated carbocycles. The van der Waals surface area contributed by atoms with E-state index in [2.05, 4.69) is 0 Å². The van der Waals surface area contributed by atoms with E-state index in [1.807, 2.05) is 0 Å². The lowest BCUT2D eigenvalue weighted by Crippen LogP contribution is -2.50. The van der Waals surface area contributed by atoms with Gasteiger partial charge in [-0.25, -0.2) is 4.39 Å². The van der Waals surface area contributed by atoms with Crippen LogP contribution in [0.3, 0.4) is 0 Å². The number of amides is 2. The largest absolute Gasteiger partial charge is 0.342 e. The summed E-state index contributed by atoms with van der Waals surface area (Å²) < 4.78 is 13.6. The summed E-state index contributed by atoms with van der Waals surface area (Å²) in [4.78, 5) is 26.6. The van der Waals surface area contributed by atoms with Gasteiger partial charge in [0.2, 0.25) is 5.91 Å². The zero-order valence-electron chi connectivity index (χ0n) is 10.4. The molecule has 1 heterocycles. The van der Waals surface area contributed by atoms with Crippen molar-refractivity contribution in [2.24, 2.45) is 0 Å². The molecule has 0 unspecified atom stereocenters. The van der Waals surface area contributed by atoms with Gasteiger partial charge in [-0.2, -0.15) is 0 Å². The van der Waals surface area contributed by atoms with Gasteiger partial charge in [0.15, 0.2) is 0 Å². The third kappa shape index (κ3) is 2.34. The fourth-order valence-corrected chi connectivity index (χ4v) is 1.91. The number of hydrogen-bond acceptors (Lipinski definition) is 2. The Morgan fingerprint density at radius 2 is 2.06 bits per heavy atom. The maximum atomic E-state index is 13.6. The van der Waals surface area contributed by atoms with E-state index in [9.17, 15) is 14.0 Å². The second-order valence-electron chi connectivity index (χ2n) is 4.53. The molecule has 5 heteroatoms. The zero-order valence-corrected chi connectivity index (χ0v) is 10.4. The summed E-state index contributed by atoms with van der Waals surface area (Å²) in [6.07, 6.45) is 0. The molecule has 0 aliphatic carbocycles. The van der Waals surface area contributed by atoms with Gasteiger partial charge in [0.05, 0.1) is 5.56 Å². The minimum Gasteiger partial charge on any atom is -0.342 e. The predicted octanol–water partition coefficient (Wildman–Crippen LogP) is 1.05. The van der Waals surface area contributed by atoms with Crippen LogP contribution in [0.4, 0.5) is 4.39 Å². The van der Waals surface area contributed by atoms with E-state index in [1.54, 1.807) is 24.9 Å². The Morgan fingerprint density at radius 1 is 1.33 bits per heavy atom. The summed E-state index contributed by atoms with van der Waals surface area (Å²) in [7, 11) is 1.69. The highest BCUT2D eigenvalue weighted by molar-refractivity contribution is 5.97. The van der Waals surface area contributed by atoms with Gasteiger partial charge >= 0.3 is 0 Å². The summed E-state index contributed by atoms with van der Waals surface area (Å²) in [6.45, 7) is 2.74. The number of benzene rings is 1. The smallest absolute Gasteiger partial charge is 0.257 e. The van der Waals surface area contributed by atoms with Crippen molar-refractivity contribution in [1.82, 2.24) is 9.80 Å². The van der Waals surface area contributed by atoms with Crippen molar-refractivity contribution in [3.8, 4) is 0 Å². The van der Waals surface area contributed by atoms with Crippen molar-refractivity contribution in [2.45, 2.75) is 6.92 Å². The van der Waals surface area contributed by atoms with E-state index < -0.39 is 11.7 Å². The number of carbonyl (C=O) groups excluding carboxylic acids is 2. The average Bonchev–Trinajstić information content (AvgIpc) is 2.35. The second-order valence-corrected chi connectivity index (χ2v) is 4.53. The van der Waals surface area contributed by atoms with Gasteiger partial charge in [0, 0.05) is 20.1 Å². The number of carbonyl (C=O) groups is 2. The average molecular weight is 250 g/mol. The predicted molar refractivity (Wildman–Crippen MR) is 64.7 cm³/mol. The molecule has 0 aromatic heterocycles. The van der Waals surface area contributed by atoms with Gasteiger partial charge in [-0.05, 0) is 19.1 Å². The van der Waals surface area contributed by atoms with E-state index in [1.165, 1.54) is 17.0 Å². The molecule has 1 saturated heterocycles. The van der Waals surface area contributed by atoms with E-state index >= 15 is 0 Å². The van der Waals surface area contributed by atoms with E-state index in [-0.39, 0.29) is 18.0 Å². The van der Waals surface area contributed by atoms with Crippen LogP contribution in [0.2, 0.25) is 0 Å². The number of nitrogens with zero attached hydrogens (tertiary/aromatic N) is 2. The lowest BCUT2D eigenvalue weighted by atomic mass is 10.1. The Kier molecular flexibility index (Phi) is 3.32. The highest BCUT2D eigenvalue weighted by Crippen LogP contribution is 2.14. The number of rotatable bonds is 1. The standard InChI is InChI=1S/C13H15FN2O2/c1-9-3-4-11(14)10(7-9)13(18)16-6-5-15(2)12(17)8-16/h3-4,7H,5-6,8H2,1-2H3. The van der Waals surface area contributed by atoms with Crippen molar-refractivity contribution in [3.63, 3.8) is 0 Å². The summed E-state index contributed by atoms with van der Waals surface area (Å²) in [5, 5.41) is 0. The quantitative estimate of drug-likeness (QED) is 0.747. The van der Waals surface area contributed by atoms with Gasteiger partial charge in [0.25, 0.3) is 5.91 Å². The SMILES string of the molecule is Cc1ccc(F)c(C(=O)N2CCN(C)C(=O)C2)c1. The minimum absolute atomic E-state index is 0.0166. The third-order valence-electron chi connectivity index (χ3n) is 3.10. The van der Waals surface area contributed by atoms with Crippen LogP contribution >= 0.6 is 0 Å². The van der Waals surface area contributed by atoms with Crippen molar-refractivity contribution in [1.29, 1.82) is 0 Å². The summed E-state index contributed by atoms with van der Waals surface area (Å²) in [5.74, 6) is -1.09. The van der Waals surface area contributed by atoms with Crippen LogP contribution in [0.5, 0.6) is 0 Å². The fraction of sp³-hybridized carbons (Fsp3) is 0.385. The molecule has 2 rings (SSSR count). The maximum Gasteiger partial charge on any atom is 0.257 e. The number of piperazine rings is 1. The summed E-state index contributed by atoms with van der Waals surface area (Å²) in [6, 6.07) is 4.40. The Balaban J connectivity index is 2.21. The first-order valence-electron chi connectivity index (χ1n) is 5.78. The Labute approximate surface area is 105 Å². The highest BCUT2D eigenvalue weighted by atomic mass is 19.1. The van der Waals surface area contributed by atoms with Gasteiger partial charge in [-0.1, -0.05) is 11.6 Å². The van der Waals surface area contributed by atoms with Crippen LogP contribution in [0, 0.1) is 12.7 Å². The lowest BCUT2D eigenvalue weighted by Gasteiger charge is -2.32. The van der Waals surface area contributed by atoms with Gasteiger partial charge < -0.3 is 9.80 Å². The molecule has 0 N–H and O–H groups in total. The molecular formula is C13H15FN2O2. The lowest BCUT2D eigenvalue weighted by molar-refractivity contribution is -0.133. The van der Waals surface area contributed by atoms with Crippen molar-refractivity contribution >= 4 is 11.8 Å². The third-order valence-corrected chi connectivity index (χ3v) is 3.10. The molecular weight excluding hydrogens is 235 g/mol. The molecule has 96 valence electrons. The first kappa shape index (κ1) is 12.5. The number of hydrogen-bond donors (Lipinski definition) is 0. The second kappa shape index (κ2) is 4.76. The summed E-state index contributed by atoms with van der Waals surface area (Å²) in [5.41, 5.74) is 0.854. The molecule has 2 amide bonds. The van der Waals surface area contributed by atoms with Gasteiger partial charge in [0.1, 0.15) is 12.4 Å². The van der Waals surface area contributed by atoms with Crippen LogP contribution in [0.1, 0.15) is 15.9 Å². The molecule has 0 spiro atoms. The van der Waals surface area contributed by atoms with Crippen molar-refractivity contribution in [3.05, 3.63) is 35.1 Å². The fourth-order valence-electron chi connectivity index (χ4n) is 1.91. The van der Waals surface area contributed by atoms with Crippen molar-refractivity contribution in [2.75, 3.05) is 26.7 Å². The minimum atomic E-state index is -0.544. The Bertz CT molecular complexity index is 502. The van der Waals surface area contributed by atoms with E-state index in [0.717, 1.165) is 5.56 Å². The van der Waals surface area contributed by atoms with Crippen LogP contribution in [0.25, 0.3) is 0 Å². The first-order chi connectivity index (χ1) is 8.49. The zero-order chi connectivity index (χ0) is 13.3. The Hall–Kier alpha value is -1.91. The molecule has 1 fully saturated rings. The first-order valence-corrected chi connectivity index (χ1v) is 5.78. The molecule has 0 radical (unpaired) electrons. The molecule has 1 aromatic carbocycles. The molecule has 0 bridgehead atoms. The molecule has 1 aliphatic heterocycles. The monoisotopic (exact) mass is 250 g/mol. The van der Waals surface area contributed by atoms with Crippen LogP contribution in [-0.4, -0.2) is 48.3 Å². The summed E-state index contributed by atoms with van der Waals surface area (Å²) >= 11 is 0. The molecule has 1 aromatic rings. The highest BCUT2D eigenvalue weighted by Gasteiger charge is 2.27. The molecule has 0 atom stereocenters. The van der Waals surface area contributed by atoms with Gasteiger partial charge in [-0.15, -0.1) is 0 Å². The van der Waals surface area contributed by atoms with Crippen LogP contribution in [-0.2, 0) is 4.79 Å². The van der Waals surface area contributed by atoms with Crippen LogP contribution in [0.15, 0.2) is 18.2 Å². The van der Waals surface area contributed by atoms with Crippen LogP contribution < -0.4 is 0 Å². The number of aryl methyl sites for hydroxylation is 1. The van der Waals surface area contributed by atoms with Crippen molar-refractivity contribution < 1.29 is 14.0 Å². The number of halogens is 1. The maximum absolute atomic E-state index is 13.6.